The lowest BCUT2D eigenvalue weighted by Gasteiger charge is -2.17. The smallest absolute Gasteiger partial charge is 0.241 e. The molecule has 108 valence electrons. The van der Waals surface area contributed by atoms with Crippen LogP contribution in [0.5, 0.6) is 5.75 Å². The monoisotopic (exact) mass is 285 g/mol. The van der Waals surface area contributed by atoms with E-state index < -0.39 is 10.0 Å². The Morgan fingerprint density at radius 2 is 1.74 bits per heavy atom. The lowest BCUT2D eigenvalue weighted by atomic mass is 10.1. The van der Waals surface area contributed by atoms with Crippen LogP contribution in [0.15, 0.2) is 17.0 Å². The average molecular weight is 285 g/mol. The quantitative estimate of drug-likeness (QED) is 0.874. The van der Waals surface area contributed by atoms with Crippen molar-refractivity contribution >= 4 is 10.0 Å². The van der Waals surface area contributed by atoms with Crippen LogP contribution in [0.25, 0.3) is 0 Å². The van der Waals surface area contributed by atoms with Gasteiger partial charge in [0.25, 0.3) is 0 Å². The largest absolute Gasteiger partial charge is 0.496 e. The van der Waals surface area contributed by atoms with Crippen molar-refractivity contribution in [2.45, 2.75) is 51.5 Å². The van der Waals surface area contributed by atoms with Gasteiger partial charge in [0, 0.05) is 6.04 Å². The van der Waals surface area contributed by atoms with Gasteiger partial charge in [0.05, 0.1) is 12.0 Å². The Kier molecular flexibility index (Phi) is 5.38. The van der Waals surface area contributed by atoms with Crippen LogP contribution in [0.1, 0.15) is 37.8 Å². The van der Waals surface area contributed by atoms with Crippen molar-refractivity contribution < 1.29 is 13.2 Å². The summed E-state index contributed by atoms with van der Waals surface area (Å²) in [7, 11) is -1.89. The molecule has 0 spiro atoms. The molecule has 1 N–H and O–H groups in total. The van der Waals surface area contributed by atoms with Crippen molar-refractivity contribution in [1.82, 2.24) is 4.72 Å². The Balaban J connectivity index is 3.18. The number of sulfonamides is 1. The molecule has 1 rings (SSSR count). The minimum Gasteiger partial charge on any atom is -0.496 e. The van der Waals surface area contributed by atoms with E-state index in [1.54, 1.807) is 26.2 Å². The molecule has 0 unspecified atom stereocenters. The first-order valence-electron chi connectivity index (χ1n) is 6.53. The van der Waals surface area contributed by atoms with Crippen molar-refractivity contribution in [2.75, 3.05) is 7.11 Å². The molecule has 0 amide bonds. The molecule has 0 aliphatic carbocycles. The molecule has 1 aromatic rings. The van der Waals surface area contributed by atoms with Crippen LogP contribution in [0.4, 0.5) is 0 Å². The van der Waals surface area contributed by atoms with Crippen LogP contribution in [-0.2, 0) is 10.0 Å². The summed E-state index contributed by atoms with van der Waals surface area (Å²) in [5.74, 6) is 0.707. The fourth-order valence-electron chi connectivity index (χ4n) is 2.01. The Hall–Kier alpha value is -1.07. The Bertz CT molecular complexity index is 534. The Morgan fingerprint density at radius 3 is 2.21 bits per heavy atom. The molecule has 0 bridgehead atoms. The van der Waals surface area contributed by atoms with Crippen molar-refractivity contribution in [3.05, 3.63) is 23.3 Å². The number of aryl methyl sites for hydroxylation is 2. The Morgan fingerprint density at radius 1 is 1.16 bits per heavy atom. The molecular weight excluding hydrogens is 262 g/mol. The topological polar surface area (TPSA) is 55.4 Å². The lowest BCUT2D eigenvalue weighted by molar-refractivity contribution is 0.411. The third-order valence-electron chi connectivity index (χ3n) is 3.29. The van der Waals surface area contributed by atoms with E-state index in [1.165, 1.54) is 0 Å². The van der Waals surface area contributed by atoms with Crippen LogP contribution in [0.3, 0.4) is 0 Å². The number of methoxy groups -OCH3 is 1. The van der Waals surface area contributed by atoms with E-state index in [0.717, 1.165) is 18.4 Å². The summed E-state index contributed by atoms with van der Waals surface area (Å²) in [5.41, 5.74) is 1.51. The van der Waals surface area contributed by atoms with Crippen LogP contribution >= 0.6 is 0 Å². The van der Waals surface area contributed by atoms with Crippen molar-refractivity contribution in [3.63, 3.8) is 0 Å². The molecule has 0 aliphatic rings. The first-order chi connectivity index (χ1) is 8.85. The zero-order valence-electron chi connectivity index (χ0n) is 12.3. The summed E-state index contributed by atoms with van der Waals surface area (Å²) < 4.78 is 32.7. The van der Waals surface area contributed by atoms with E-state index >= 15 is 0 Å². The highest BCUT2D eigenvalue weighted by Gasteiger charge is 2.21. The minimum atomic E-state index is -3.47. The summed E-state index contributed by atoms with van der Waals surface area (Å²) in [4.78, 5) is 0.331. The van der Waals surface area contributed by atoms with Crippen LogP contribution in [0.2, 0.25) is 0 Å². The van der Waals surface area contributed by atoms with E-state index in [1.807, 2.05) is 20.8 Å². The third-order valence-corrected chi connectivity index (χ3v) is 4.95. The summed E-state index contributed by atoms with van der Waals surface area (Å²) in [5, 5.41) is 0. The van der Waals surface area contributed by atoms with Gasteiger partial charge in [-0.2, -0.15) is 0 Å². The molecule has 0 fully saturated rings. The SMILES string of the molecule is CCC(CC)NS(=O)(=O)c1cc(C)c(OC)cc1C. The molecule has 0 saturated heterocycles. The number of ether oxygens (including phenoxy) is 1. The first kappa shape index (κ1) is 16.0. The summed E-state index contributed by atoms with van der Waals surface area (Å²) in [6.07, 6.45) is 1.56. The van der Waals surface area contributed by atoms with Gasteiger partial charge in [0.1, 0.15) is 5.75 Å². The third kappa shape index (κ3) is 3.70. The number of hydrogen-bond donors (Lipinski definition) is 1. The first-order valence-corrected chi connectivity index (χ1v) is 8.01. The average Bonchev–Trinajstić information content (AvgIpc) is 2.37. The zero-order chi connectivity index (χ0) is 14.6. The van der Waals surface area contributed by atoms with Crippen molar-refractivity contribution in [3.8, 4) is 5.75 Å². The number of hydrogen-bond acceptors (Lipinski definition) is 3. The highest BCUT2D eigenvalue weighted by atomic mass is 32.2. The fraction of sp³-hybridized carbons (Fsp3) is 0.571. The highest BCUT2D eigenvalue weighted by Crippen LogP contribution is 2.25. The molecule has 0 aromatic heterocycles. The number of nitrogens with one attached hydrogen (secondary N) is 1. The van der Waals surface area contributed by atoms with E-state index in [4.69, 9.17) is 4.74 Å². The maximum absolute atomic E-state index is 12.4. The van der Waals surface area contributed by atoms with Gasteiger partial charge in [0.15, 0.2) is 0 Å². The van der Waals surface area contributed by atoms with Gasteiger partial charge in [-0.25, -0.2) is 13.1 Å². The Labute approximate surface area is 116 Å². The van der Waals surface area contributed by atoms with Gasteiger partial charge in [-0.05, 0) is 49.9 Å². The summed E-state index contributed by atoms with van der Waals surface area (Å²) in [6, 6.07) is 3.40. The van der Waals surface area contributed by atoms with Gasteiger partial charge in [-0.3, -0.25) is 0 Å². The second-order valence-electron chi connectivity index (χ2n) is 4.72. The molecule has 0 saturated carbocycles. The lowest BCUT2D eigenvalue weighted by Crippen LogP contribution is -2.34. The van der Waals surface area contributed by atoms with Gasteiger partial charge in [-0.15, -0.1) is 0 Å². The highest BCUT2D eigenvalue weighted by molar-refractivity contribution is 7.89. The van der Waals surface area contributed by atoms with Crippen molar-refractivity contribution in [2.24, 2.45) is 0 Å². The molecule has 1 aromatic carbocycles. The molecule has 0 radical (unpaired) electrons. The predicted molar refractivity (Wildman–Crippen MR) is 77.2 cm³/mol. The maximum Gasteiger partial charge on any atom is 0.241 e. The minimum absolute atomic E-state index is 0.0215. The number of rotatable bonds is 6. The van der Waals surface area contributed by atoms with E-state index in [2.05, 4.69) is 4.72 Å². The number of benzene rings is 1. The van der Waals surface area contributed by atoms with Gasteiger partial charge >= 0.3 is 0 Å². The van der Waals surface area contributed by atoms with E-state index in [0.29, 0.717) is 16.2 Å². The molecule has 0 heterocycles. The van der Waals surface area contributed by atoms with Crippen LogP contribution in [-0.4, -0.2) is 21.6 Å². The standard InChI is InChI=1S/C14H23NO3S/c1-6-12(7-2)15-19(16,17)14-9-10(3)13(18-5)8-11(14)4/h8-9,12,15H,6-7H2,1-5H3. The maximum atomic E-state index is 12.4. The molecule has 4 nitrogen and oxygen atoms in total. The van der Waals surface area contributed by atoms with E-state index in [-0.39, 0.29) is 6.04 Å². The van der Waals surface area contributed by atoms with Crippen LogP contribution < -0.4 is 9.46 Å². The fourth-order valence-corrected chi connectivity index (χ4v) is 3.72. The molecular formula is C14H23NO3S. The predicted octanol–water partition coefficient (Wildman–Crippen LogP) is 2.78. The van der Waals surface area contributed by atoms with Gasteiger partial charge in [0.2, 0.25) is 10.0 Å². The summed E-state index contributed by atoms with van der Waals surface area (Å²) >= 11 is 0. The second-order valence-corrected chi connectivity index (χ2v) is 6.40. The molecule has 19 heavy (non-hydrogen) atoms. The second kappa shape index (κ2) is 6.39. The van der Waals surface area contributed by atoms with Gasteiger partial charge in [-0.1, -0.05) is 13.8 Å². The van der Waals surface area contributed by atoms with Gasteiger partial charge < -0.3 is 4.74 Å². The molecule has 0 aliphatic heterocycles. The van der Waals surface area contributed by atoms with Crippen molar-refractivity contribution in [1.29, 1.82) is 0 Å². The molecule has 5 heteroatoms. The van der Waals surface area contributed by atoms with Crippen LogP contribution in [0, 0.1) is 13.8 Å². The summed E-state index contributed by atoms with van der Waals surface area (Å²) in [6.45, 7) is 7.57. The van der Waals surface area contributed by atoms with E-state index in [9.17, 15) is 8.42 Å². The zero-order valence-corrected chi connectivity index (χ0v) is 13.1. The molecule has 0 atom stereocenters. The normalized spacial score (nSPS) is 11.9.